The fourth-order valence-electron chi connectivity index (χ4n) is 4.23. The summed E-state index contributed by atoms with van der Waals surface area (Å²) in [6, 6.07) is 24.0. The Balaban J connectivity index is 1.32. The number of carbonyl (C=O) groups is 1. The first-order valence-corrected chi connectivity index (χ1v) is 12.6. The number of anilines is 2. The largest absolute Gasteiger partial charge is 0.320 e. The Bertz CT molecular complexity index is 1530. The number of hydrogen-bond donors (Lipinski definition) is 0. The summed E-state index contributed by atoms with van der Waals surface area (Å²) >= 11 is 2.98. The van der Waals surface area contributed by atoms with E-state index in [0.29, 0.717) is 11.7 Å². The van der Waals surface area contributed by atoms with Gasteiger partial charge in [0.2, 0.25) is 11.1 Å². The van der Waals surface area contributed by atoms with Crippen LogP contribution < -0.4 is 4.90 Å². The number of carbonyl (C=O) groups excluding carboxylic acids is 1. The van der Waals surface area contributed by atoms with Gasteiger partial charge < -0.3 is 4.57 Å². The van der Waals surface area contributed by atoms with Gasteiger partial charge >= 0.3 is 0 Å². The van der Waals surface area contributed by atoms with Crippen LogP contribution in [0.5, 0.6) is 0 Å². The molecule has 0 saturated heterocycles. The second-order valence-corrected chi connectivity index (χ2v) is 9.76. The van der Waals surface area contributed by atoms with Crippen LogP contribution >= 0.6 is 23.5 Å². The van der Waals surface area contributed by atoms with E-state index in [1.165, 1.54) is 11.8 Å². The zero-order chi connectivity index (χ0) is 23.1. The van der Waals surface area contributed by atoms with E-state index in [1.807, 2.05) is 78.9 Å². The highest BCUT2D eigenvalue weighted by molar-refractivity contribution is 8.00. The Kier molecular flexibility index (Phi) is 5.31. The first-order valence-electron chi connectivity index (χ1n) is 10.8. The Morgan fingerprint density at radius 1 is 0.941 bits per heavy atom. The van der Waals surface area contributed by atoms with Crippen LogP contribution in [0.25, 0.3) is 22.1 Å². The molecule has 0 fully saturated rings. The van der Waals surface area contributed by atoms with E-state index in [9.17, 15) is 4.79 Å². The van der Waals surface area contributed by atoms with Crippen LogP contribution in [0.2, 0.25) is 0 Å². The van der Waals surface area contributed by atoms with Crippen molar-refractivity contribution in [3.8, 4) is 0 Å². The Hall–Kier alpha value is -3.62. The number of para-hydroxylation sites is 3. The fourth-order valence-corrected chi connectivity index (χ4v) is 5.92. The van der Waals surface area contributed by atoms with Crippen molar-refractivity contribution < 1.29 is 4.79 Å². The number of nitrogens with zero attached hydrogens (tertiary/aromatic N) is 5. The van der Waals surface area contributed by atoms with E-state index >= 15 is 0 Å². The van der Waals surface area contributed by atoms with Crippen LogP contribution in [0.4, 0.5) is 11.4 Å². The maximum absolute atomic E-state index is 13.5. The molecule has 1 amide bonds. The molecule has 0 saturated carbocycles. The molecule has 1 aliphatic rings. The van der Waals surface area contributed by atoms with Gasteiger partial charge in [0.15, 0.2) is 5.65 Å². The van der Waals surface area contributed by atoms with Crippen LogP contribution in [0, 0.1) is 0 Å². The first-order chi connectivity index (χ1) is 16.7. The molecule has 0 atom stereocenters. The van der Waals surface area contributed by atoms with Crippen molar-refractivity contribution in [2.24, 2.45) is 0 Å². The SMILES string of the molecule is C=CCn1c2ccccc2c2nnc(SCC(=O)N3c4ccccc4Sc4ccccc43)nc21. The molecule has 0 radical (unpaired) electrons. The minimum Gasteiger partial charge on any atom is -0.320 e. The zero-order valence-corrected chi connectivity index (χ0v) is 19.7. The second kappa shape index (κ2) is 8.62. The Morgan fingerprint density at radius 3 is 2.35 bits per heavy atom. The maximum Gasteiger partial charge on any atom is 0.242 e. The number of fused-ring (bicyclic) bond motifs is 5. The predicted molar refractivity (Wildman–Crippen MR) is 138 cm³/mol. The standard InChI is InChI=1S/C26H19N5OS2/c1-2-15-30-18-10-4-3-9-17(18)24-25(30)27-26(29-28-24)33-16-23(32)31-19-11-5-7-13-21(19)34-22-14-8-6-12-20(22)31/h2-14H,1,15-16H2. The number of benzene rings is 3. The minimum atomic E-state index is -0.0273. The van der Waals surface area contributed by atoms with Gasteiger partial charge in [0.1, 0.15) is 5.52 Å². The van der Waals surface area contributed by atoms with E-state index in [2.05, 4.69) is 21.3 Å². The molecule has 0 spiro atoms. The van der Waals surface area contributed by atoms with Crippen LogP contribution in [0.3, 0.4) is 0 Å². The molecule has 2 aromatic heterocycles. The molecule has 3 heterocycles. The topological polar surface area (TPSA) is 63.9 Å². The van der Waals surface area contributed by atoms with Gasteiger partial charge in [-0.05, 0) is 30.3 Å². The molecule has 8 heteroatoms. The zero-order valence-electron chi connectivity index (χ0n) is 18.1. The molecule has 0 N–H and O–H groups in total. The summed E-state index contributed by atoms with van der Waals surface area (Å²) < 4.78 is 2.08. The van der Waals surface area contributed by atoms with Crippen LogP contribution in [0.1, 0.15) is 0 Å². The van der Waals surface area contributed by atoms with Crippen LogP contribution in [-0.4, -0.2) is 31.4 Å². The van der Waals surface area contributed by atoms with Crippen molar-refractivity contribution in [1.29, 1.82) is 0 Å². The molecule has 3 aromatic carbocycles. The van der Waals surface area contributed by atoms with Gasteiger partial charge in [0.25, 0.3) is 0 Å². The van der Waals surface area contributed by atoms with Crippen molar-refractivity contribution in [1.82, 2.24) is 19.7 Å². The maximum atomic E-state index is 13.5. The van der Waals surface area contributed by atoms with E-state index in [0.717, 1.165) is 43.2 Å². The summed E-state index contributed by atoms with van der Waals surface area (Å²) in [4.78, 5) is 22.2. The van der Waals surface area contributed by atoms with Crippen LogP contribution in [-0.2, 0) is 11.3 Å². The van der Waals surface area contributed by atoms with Gasteiger partial charge in [-0.1, -0.05) is 72.1 Å². The van der Waals surface area contributed by atoms with Gasteiger partial charge in [-0.15, -0.1) is 16.8 Å². The molecule has 166 valence electrons. The summed E-state index contributed by atoms with van der Waals surface area (Å²) in [6.07, 6.45) is 1.84. The minimum absolute atomic E-state index is 0.0273. The Labute approximate surface area is 204 Å². The predicted octanol–water partition coefficient (Wildman–Crippen LogP) is 6.09. The first kappa shape index (κ1) is 20.9. The number of amides is 1. The molecule has 6 rings (SSSR count). The summed E-state index contributed by atoms with van der Waals surface area (Å²) in [6.45, 7) is 4.49. The monoisotopic (exact) mass is 481 g/mol. The molecule has 6 nitrogen and oxygen atoms in total. The van der Waals surface area contributed by atoms with Crippen molar-refractivity contribution in [2.45, 2.75) is 21.5 Å². The van der Waals surface area contributed by atoms with Gasteiger partial charge in [-0.2, -0.15) is 0 Å². The summed E-state index contributed by atoms with van der Waals surface area (Å²) in [5.41, 5.74) is 4.34. The second-order valence-electron chi connectivity index (χ2n) is 7.74. The Morgan fingerprint density at radius 2 is 1.62 bits per heavy atom. The van der Waals surface area contributed by atoms with E-state index in [1.54, 1.807) is 16.7 Å². The van der Waals surface area contributed by atoms with E-state index in [4.69, 9.17) is 4.98 Å². The average molecular weight is 482 g/mol. The van der Waals surface area contributed by atoms with E-state index < -0.39 is 0 Å². The van der Waals surface area contributed by atoms with Crippen molar-refractivity contribution >= 4 is 62.9 Å². The molecule has 1 aliphatic heterocycles. The molecular formula is C26H19N5OS2. The molecule has 34 heavy (non-hydrogen) atoms. The highest BCUT2D eigenvalue weighted by Gasteiger charge is 2.28. The molecule has 5 aromatic rings. The normalized spacial score (nSPS) is 12.5. The van der Waals surface area contributed by atoms with Gasteiger partial charge in [-0.3, -0.25) is 9.69 Å². The van der Waals surface area contributed by atoms with Crippen molar-refractivity contribution in [3.63, 3.8) is 0 Å². The third-order valence-corrected chi connectivity index (χ3v) is 7.63. The highest BCUT2D eigenvalue weighted by Crippen LogP contribution is 2.48. The number of allylic oxidation sites excluding steroid dienone is 1. The molecule has 0 bridgehead atoms. The number of hydrogen-bond acceptors (Lipinski definition) is 6. The average Bonchev–Trinajstić information content (AvgIpc) is 3.19. The lowest BCUT2D eigenvalue weighted by Crippen LogP contribution is -2.30. The highest BCUT2D eigenvalue weighted by atomic mass is 32.2. The number of rotatable bonds is 5. The summed E-state index contributed by atoms with van der Waals surface area (Å²) in [7, 11) is 0. The van der Waals surface area contributed by atoms with Gasteiger partial charge in [-0.25, -0.2) is 4.98 Å². The quantitative estimate of drug-likeness (QED) is 0.224. The smallest absolute Gasteiger partial charge is 0.242 e. The molecule has 0 unspecified atom stereocenters. The molecule has 0 aliphatic carbocycles. The summed E-state index contributed by atoms with van der Waals surface area (Å²) in [5, 5.41) is 10.3. The van der Waals surface area contributed by atoms with Gasteiger partial charge in [0, 0.05) is 21.7 Å². The fraction of sp³-hybridized carbons (Fsp3) is 0.0769. The third-order valence-electron chi connectivity index (χ3n) is 5.67. The lowest BCUT2D eigenvalue weighted by Gasteiger charge is -2.30. The van der Waals surface area contributed by atoms with Crippen molar-refractivity contribution in [2.75, 3.05) is 10.7 Å². The van der Waals surface area contributed by atoms with Crippen LogP contribution in [0.15, 0.2) is 100 Å². The number of aromatic nitrogens is 4. The van der Waals surface area contributed by atoms with Crippen molar-refractivity contribution in [3.05, 3.63) is 85.5 Å². The third kappa shape index (κ3) is 3.46. The summed E-state index contributed by atoms with van der Waals surface area (Å²) in [5.74, 6) is 0.169. The number of thioether (sulfide) groups is 1. The van der Waals surface area contributed by atoms with Gasteiger partial charge in [0.05, 0.1) is 22.6 Å². The van der Waals surface area contributed by atoms with E-state index in [-0.39, 0.29) is 11.7 Å². The molecular weight excluding hydrogens is 462 g/mol. The lowest BCUT2D eigenvalue weighted by molar-refractivity contribution is -0.115. The lowest BCUT2D eigenvalue weighted by atomic mass is 10.2.